The molecule has 0 aromatic carbocycles. The number of carbonyl (C=O) groups excluding carboxylic acids is 1. The molecule has 0 aliphatic carbocycles. The van der Waals surface area contributed by atoms with E-state index in [0.29, 0.717) is 12.2 Å². The normalized spacial score (nSPS) is 11.4. The summed E-state index contributed by atoms with van der Waals surface area (Å²) in [5, 5.41) is 16.7. The minimum atomic E-state index is -1.41. The molecule has 14 heavy (non-hydrogen) atoms. The third-order valence-corrected chi connectivity index (χ3v) is 1.13. The lowest BCUT2D eigenvalue weighted by atomic mass is 10.2. The van der Waals surface area contributed by atoms with Gasteiger partial charge in [-0.3, -0.25) is 0 Å². The lowest BCUT2D eigenvalue weighted by molar-refractivity contribution is -0.136. The van der Waals surface area contributed by atoms with Gasteiger partial charge in [0.2, 0.25) is 0 Å². The van der Waals surface area contributed by atoms with Gasteiger partial charge < -0.3 is 14.9 Å². The van der Waals surface area contributed by atoms with Gasteiger partial charge in [-0.2, -0.15) is 0 Å². The van der Waals surface area contributed by atoms with Gasteiger partial charge in [0, 0.05) is 12.2 Å². The van der Waals surface area contributed by atoms with Crippen LogP contribution in [0.15, 0.2) is 23.8 Å². The van der Waals surface area contributed by atoms with Gasteiger partial charge in [0.1, 0.15) is 0 Å². The fourth-order valence-electron chi connectivity index (χ4n) is 0.528. The van der Waals surface area contributed by atoms with Crippen LogP contribution in [-0.4, -0.2) is 35.2 Å². The summed E-state index contributed by atoms with van der Waals surface area (Å²) in [6.45, 7) is 0. The van der Waals surface area contributed by atoms with Crippen LogP contribution in [0, 0.1) is 0 Å². The van der Waals surface area contributed by atoms with Gasteiger partial charge in [0.05, 0.1) is 12.7 Å². The molecule has 0 saturated heterocycles. The number of hydrogen-bond donors (Lipinski definition) is 2. The van der Waals surface area contributed by atoms with Crippen molar-refractivity contribution in [1.29, 1.82) is 0 Å². The van der Waals surface area contributed by atoms with E-state index in [2.05, 4.69) is 4.74 Å². The van der Waals surface area contributed by atoms with Crippen LogP contribution in [0.2, 0.25) is 0 Å². The van der Waals surface area contributed by atoms with Gasteiger partial charge in [-0.25, -0.2) is 14.4 Å². The first-order valence-electron chi connectivity index (χ1n) is 3.41. The highest BCUT2D eigenvalue weighted by molar-refractivity contribution is 5.98. The molecule has 0 unspecified atom stereocenters. The van der Waals surface area contributed by atoms with Gasteiger partial charge in [-0.05, 0) is 6.08 Å². The zero-order valence-electron chi connectivity index (χ0n) is 7.26. The van der Waals surface area contributed by atoms with Crippen molar-refractivity contribution in [2.75, 3.05) is 7.11 Å². The molecule has 0 radical (unpaired) electrons. The third-order valence-electron chi connectivity index (χ3n) is 1.13. The smallest absolute Gasteiger partial charge is 0.335 e. The largest absolute Gasteiger partial charge is 0.478 e. The van der Waals surface area contributed by atoms with Crippen molar-refractivity contribution in [3.05, 3.63) is 23.8 Å². The summed E-state index contributed by atoms with van der Waals surface area (Å²) in [6.07, 6.45) is 2.09. The van der Waals surface area contributed by atoms with Crippen molar-refractivity contribution in [2.45, 2.75) is 0 Å². The Morgan fingerprint density at radius 1 is 1.14 bits per heavy atom. The lowest BCUT2D eigenvalue weighted by Gasteiger charge is -1.93. The summed E-state index contributed by atoms with van der Waals surface area (Å²) in [5.74, 6) is -3.58. The summed E-state index contributed by atoms with van der Waals surface area (Å²) in [4.78, 5) is 31.1. The lowest BCUT2D eigenvalue weighted by Crippen LogP contribution is -2.04. The number of carbonyl (C=O) groups is 3. The summed E-state index contributed by atoms with van der Waals surface area (Å²) < 4.78 is 4.18. The average Bonchev–Trinajstić information content (AvgIpc) is 2.10. The first kappa shape index (κ1) is 11.9. The number of carboxylic acids is 2. The number of methoxy groups -OCH3 is 1. The summed E-state index contributed by atoms with van der Waals surface area (Å²) in [6, 6.07) is 0. The van der Waals surface area contributed by atoms with Gasteiger partial charge in [0.15, 0.2) is 0 Å². The molecule has 0 spiro atoms. The van der Waals surface area contributed by atoms with Crippen molar-refractivity contribution in [3.8, 4) is 0 Å². The van der Waals surface area contributed by atoms with Crippen LogP contribution in [0.1, 0.15) is 0 Å². The number of rotatable bonds is 4. The molecular formula is C8H8O6. The molecule has 76 valence electrons. The maximum Gasteiger partial charge on any atom is 0.335 e. The highest BCUT2D eigenvalue weighted by Gasteiger charge is 2.06. The predicted molar refractivity (Wildman–Crippen MR) is 44.5 cm³/mol. The summed E-state index contributed by atoms with van der Waals surface area (Å²) in [7, 11) is 1.08. The Labute approximate surface area is 79.1 Å². The van der Waals surface area contributed by atoms with E-state index in [9.17, 15) is 14.4 Å². The molecule has 0 aliphatic heterocycles. The van der Waals surface area contributed by atoms with E-state index in [4.69, 9.17) is 10.2 Å². The molecule has 0 aromatic rings. The van der Waals surface area contributed by atoms with E-state index in [1.165, 1.54) is 0 Å². The predicted octanol–water partition coefficient (Wildman–Crippen LogP) is -0.189. The molecule has 0 fully saturated rings. The molecule has 0 rings (SSSR count). The SMILES string of the molecule is COC(=O)/C=C(/C=C\C(=O)O)C(=O)O. The Hall–Kier alpha value is -2.11. The highest BCUT2D eigenvalue weighted by Crippen LogP contribution is 1.98. The topological polar surface area (TPSA) is 101 Å². The Morgan fingerprint density at radius 2 is 1.71 bits per heavy atom. The van der Waals surface area contributed by atoms with Gasteiger partial charge in [0.25, 0.3) is 0 Å². The van der Waals surface area contributed by atoms with Gasteiger partial charge in [-0.1, -0.05) is 0 Å². The maximum atomic E-state index is 10.6. The molecule has 0 aromatic heterocycles. The van der Waals surface area contributed by atoms with Crippen LogP contribution in [0.5, 0.6) is 0 Å². The standard InChI is InChI=1S/C8H8O6/c1-14-7(11)4-5(8(12)13)2-3-6(9)10/h2-4H,1H3,(H,9,10)(H,12,13)/b3-2-,5-4-. The second kappa shape index (κ2) is 5.52. The molecule has 0 atom stereocenters. The van der Waals surface area contributed by atoms with Crippen molar-refractivity contribution >= 4 is 17.9 Å². The fraction of sp³-hybridized carbons (Fsp3) is 0.125. The fourth-order valence-corrected chi connectivity index (χ4v) is 0.528. The number of aliphatic carboxylic acids is 2. The Kier molecular flexibility index (Phi) is 4.69. The molecule has 0 amide bonds. The quantitative estimate of drug-likeness (QED) is 0.370. The van der Waals surface area contributed by atoms with Crippen LogP contribution in [-0.2, 0) is 19.1 Å². The first-order chi connectivity index (χ1) is 6.47. The van der Waals surface area contributed by atoms with E-state index >= 15 is 0 Å². The van der Waals surface area contributed by atoms with Gasteiger partial charge in [-0.15, -0.1) is 0 Å². The van der Waals surface area contributed by atoms with Crippen LogP contribution in [0.25, 0.3) is 0 Å². The molecule has 0 saturated carbocycles. The van der Waals surface area contributed by atoms with Crippen molar-refractivity contribution in [1.82, 2.24) is 0 Å². The average molecular weight is 200 g/mol. The van der Waals surface area contributed by atoms with Gasteiger partial charge >= 0.3 is 17.9 Å². The van der Waals surface area contributed by atoms with E-state index in [0.717, 1.165) is 13.2 Å². The zero-order valence-corrected chi connectivity index (χ0v) is 7.26. The molecule has 2 N–H and O–H groups in total. The first-order valence-corrected chi connectivity index (χ1v) is 3.41. The molecule has 0 aliphatic rings. The number of hydrogen-bond acceptors (Lipinski definition) is 4. The molecule has 6 heteroatoms. The van der Waals surface area contributed by atoms with Crippen LogP contribution in [0.3, 0.4) is 0 Å². The summed E-state index contributed by atoms with van der Waals surface area (Å²) in [5.41, 5.74) is -0.459. The van der Waals surface area contributed by atoms with E-state index < -0.39 is 23.5 Å². The summed E-state index contributed by atoms with van der Waals surface area (Å²) >= 11 is 0. The number of ether oxygens (including phenoxy) is 1. The van der Waals surface area contributed by atoms with Crippen LogP contribution < -0.4 is 0 Å². The third kappa shape index (κ3) is 4.70. The monoisotopic (exact) mass is 200 g/mol. The van der Waals surface area contributed by atoms with Crippen LogP contribution >= 0.6 is 0 Å². The molecule has 0 bridgehead atoms. The Bertz CT molecular complexity index is 312. The van der Waals surface area contributed by atoms with Crippen LogP contribution in [0.4, 0.5) is 0 Å². The molecule has 6 nitrogen and oxygen atoms in total. The Balaban J connectivity index is 4.78. The zero-order chi connectivity index (χ0) is 11.1. The highest BCUT2D eigenvalue weighted by atomic mass is 16.5. The minimum Gasteiger partial charge on any atom is -0.478 e. The van der Waals surface area contributed by atoms with E-state index in [1.54, 1.807) is 0 Å². The second-order valence-corrected chi connectivity index (χ2v) is 2.10. The number of esters is 1. The van der Waals surface area contributed by atoms with Crippen molar-refractivity contribution in [3.63, 3.8) is 0 Å². The van der Waals surface area contributed by atoms with Crippen molar-refractivity contribution < 1.29 is 29.3 Å². The van der Waals surface area contributed by atoms with E-state index in [-0.39, 0.29) is 0 Å². The van der Waals surface area contributed by atoms with Crippen molar-refractivity contribution in [2.24, 2.45) is 0 Å². The second-order valence-electron chi connectivity index (χ2n) is 2.10. The number of carboxylic acid groups (broad SMARTS) is 2. The molecular weight excluding hydrogens is 192 g/mol. The molecule has 0 heterocycles. The maximum absolute atomic E-state index is 10.6. The van der Waals surface area contributed by atoms with E-state index in [1.807, 2.05) is 0 Å². The minimum absolute atomic E-state index is 0.459. The Morgan fingerprint density at radius 3 is 2.07 bits per heavy atom.